The van der Waals surface area contributed by atoms with Crippen molar-refractivity contribution in [3.63, 3.8) is 0 Å². The Bertz CT molecular complexity index is 441. The van der Waals surface area contributed by atoms with E-state index in [4.69, 9.17) is 4.74 Å². The Morgan fingerprint density at radius 3 is 2.53 bits per heavy atom. The lowest BCUT2D eigenvalue weighted by atomic mass is 9.86. The van der Waals surface area contributed by atoms with Crippen molar-refractivity contribution in [3.05, 3.63) is 34.1 Å². The number of hydrogen-bond donors (Lipinski definition) is 0. The Labute approximate surface area is 120 Å². The Morgan fingerprint density at radius 1 is 1.42 bits per heavy atom. The van der Waals surface area contributed by atoms with E-state index in [1.807, 2.05) is 13.8 Å². The molecule has 1 rings (SSSR count). The van der Waals surface area contributed by atoms with Crippen LogP contribution in [-0.4, -0.2) is 16.9 Å². The molecule has 0 spiro atoms. The number of nitro groups is 1. The fourth-order valence-electron chi connectivity index (χ4n) is 1.67. The highest BCUT2D eigenvalue weighted by Crippen LogP contribution is 2.33. The van der Waals surface area contributed by atoms with Gasteiger partial charge < -0.3 is 4.74 Å². The quantitative estimate of drug-likeness (QED) is 0.424. The molecule has 0 heterocycles. The first-order chi connectivity index (χ1) is 8.98. The lowest BCUT2D eigenvalue weighted by Gasteiger charge is -2.29. The fraction of sp³-hybridized carbons (Fsp3) is 0.538. The molecule has 0 amide bonds. The van der Waals surface area contributed by atoms with Crippen molar-refractivity contribution in [1.29, 1.82) is 0 Å². The van der Waals surface area contributed by atoms with Gasteiger partial charge in [-0.05, 0) is 18.9 Å². The van der Waals surface area contributed by atoms with Crippen molar-refractivity contribution >= 4 is 21.6 Å². The van der Waals surface area contributed by atoms with Crippen LogP contribution in [0.4, 0.5) is 10.1 Å². The third-order valence-electron chi connectivity index (χ3n) is 3.44. The summed E-state index contributed by atoms with van der Waals surface area (Å²) in [6.45, 7) is 4.39. The minimum Gasteiger partial charge on any atom is -0.486 e. The number of halogens is 2. The van der Waals surface area contributed by atoms with Gasteiger partial charge in [-0.3, -0.25) is 10.1 Å². The van der Waals surface area contributed by atoms with Gasteiger partial charge in [0.1, 0.15) is 5.82 Å². The Kier molecular flexibility index (Phi) is 5.72. The molecule has 0 radical (unpaired) electrons. The summed E-state index contributed by atoms with van der Waals surface area (Å²) in [6.07, 6.45) is 1.75. The molecule has 0 aliphatic heterocycles. The summed E-state index contributed by atoms with van der Waals surface area (Å²) in [5, 5.41) is 11.6. The van der Waals surface area contributed by atoms with E-state index < -0.39 is 10.7 Å². The molecule has 106 valence electrons. The van der Waals surface area contributed by atoms with Crippen LogP contribution in [0, 0.1) is 21.3 Å². The number of alkyl halides is 1. The molecular weight excluding hydrogens is 317 g/mol. The van der Waals surface area contributed by atoms with E-state index in [9.17, 15) is 14.5 Å². The van der Waals surface area contributed by atoms with E-state index in [0.29, 0.717) is 6.61 Å². The molecule has 1 aromatic rings. The van der Waals surface area contributed by atoms with Crippen molar-refractivity contribution in [2.45, 2.75) is 26.7 Å². The number of nitro benzene ring substituents is 1. The van der Waals surface area contributed by atoms with E-state index in [1.54, 1.807) is 0 Å². The molecule has 0 fully saturated rings. The average molecular weight is 334 g/mol. The van der Waals surface area contributed by atoms with Crippen LogP contribution in [0.5, 0.6) is 5.75 Å². The maximum atomic E-state index is 13.2. The van der Waals surface area contributed by atoms with Gasteiger partial charge in [0.05, 0.1) is 11.5 Å². The molecule has 0 bridgehead atoms. The maximum absolute atomic E-state index is 13.2. The molecule has 0 N–H and O–H groups in total. The van der Waals surface area contributed by atoms with Crippen molar-refractivity contribution in [3.8, 4) is 5.75 Å². The third kappa shape index (κ3) is 3.89. The van der Waals surface area contributed by atoms with Gasteiger partial charge in [-0.2, -0.15) is 0 Å². The SMILES string of the molecule is CCC(CC)(CBr)COc1cc(F)ccc1[N+](=O)[O-]. The van der Waals surface area contributed by atoms with E-state index >= 15 is 0 Å². The highest BCUT2D eigenvalue weighted by Gasteiger charge is 2.27. The fourth-order valence-corrected chi connectivity index (χ4v) is 2.62. The summed E-state index contributed by atoms with van der Waals surface area (Å²) in [4.78, 5) is 10.3. The summed E-state index contributed by atoms with van der Waals surface area (Å²) in [5.41, 5.74) is -0.308. The van der Waals surface area contributed by atoms with Crippen LogP contribution in [0.15, 0.2) is 18.2 Å². The largest absolute Gasteiger partial charge is 0.486 e. The second-order valence-electron chi connectivity index (χ2n) is 4.50. The van der Waals surface area contributed by atoms with Crippen LogP contribution >= 0.6 is 15.9 Å². The summed E-state index contributed by atoms with van der Waals surface area (Å²) in [5.74, 6) is -0.560. The monoisotopic (exact) mass is 333 g/mol. The second kappa shape index (κ2) is 6.84. The minimum atomic E-state index is -0.567. The molecule has 6 heteroatoms. The molecule has 0 atom stereocenters. The van der Waals surface area contributed by atoms with E-state index in [1.165, 1.54) is 0 Å². The van der Waals surface area contributed by atoms with Gasteiger partial charge in [-0.15, -0.1) is 0 Å². The molecule has 19 heavy (non-hydrogen) atoms. The number of hydrogen-bond acceptors (Lipinski definition) is 3. The smallest absolute Gasteiger partial charge is 0.311 e. The van der Waals surface area contributed by atoms with Gasteiger partial charge in [0.15, 0.2) is 5.75 Å². The van der Waals surface area contributed by atoms with Gasteiger partial charge in [0.2, 0.25) is 0 Å². The lowest BCUT2D eigenvalue weighted by molar-refractivity contribution is -0.386. The first kappa shape index (κ1) is 15.9. The second-order valence-corrected chi connectivity index (χ2v) is 5.06. The van der Waals surface area contributed by atoms with Crippen LogP contribution < -0.4 is 4.74 Å². The van der Waals surface area contributed by atoms with Gasteiger partial charge in [-0.1, -0.05) is 29.8 Å². The topological polar surface area (TPSA) is 52.4 Å². The minimum absolute atomic E-state index is 0.0165. The van der Waals surface area contributed by atoms with E-state index in [2.05, 4.69) is 15.9 Å². The van der Waals surface area contributed by atoms with Crippen molar-refractivity contribution in [1.82, 2.24) is 0 Å². The average Bonchev–Trinajstić information content (AvgIpc) is 2.40. The van der Waals surface area contributed by atoms with Gasteiger partial charge >= 0.3 is 5.69 Å². The third-order valence-corrected chi connectivity index (χ3v) is 4.63. The van der Waals surface area contributed by atoms with E-state index in [-0.39, 0.29) is 16.9 Å². The number of rotatable bonds is 7. The zero-order valence-electron chi connectivity index (χ0n) is 11.0. The van der Waals surface area contributed by atoms with Crippen LogP contribution in [-0.2, 0) is 0 Å². The van der Waals surface area contributed by atoms with Crippen LogP contribution in [0.3, 0.4) is 0 Å². The molecule has 0 unspecified atom stereocenters. The summed E-state index contributed by atoms with van der Waals surface area (Å²) in [7, 11) is 0. The molecule has 1 aromatic carbocycles. The zero-order valence-corrected chi connectivity index (χ0v) is 12.6. The predicted octanol–water partition coefficient (Wildman–Crippen LogP) is 4.31. The van der Waals surface area contributed by atoms with Crippen molar-refractivity contribution in [2.24, 2.45) is 5.41 Å². The van der Waals surface area contributed by atoms with Gasteiger partial charge in [-0.25, -0.2) is 4.39 Å². The molecular formula is C13H17BrFNO3. The predicted molar refractivity (Wildman–Crippen MR) is 75.4 cm³/mol. The van der Waals surface area contributed by atoms with Crippen LogP contribution in [0.1, 0.15) is 26.7 Å². The molecule has 0 aliphatic rings. The first-order valence-corrected chi connectivity index (χ1v) is 7.23. The molecule has 0 aliphatic carbocycles. The highest BCUT2D eigenvalue weighted by molar-refractivity contribution is 9.09. The first-order valence-electron chi connectivity index (χ1n) is 6.10. The van der Waals surface area contributed by atoms with Crippen molar-refractivity contribution in [2.75, 3.05) is 11.9 Å². The summed E-state index contributed by atoms with van der Waals surface area (Å²) < 4.78 is 18.7. The zero-order chi connectivity index (χ0) is 14.5. The molecule has 0 saturated heterocycles. The van der Waals surface area contributed by atoms with Gasteiger partial charge in [0.25, 0.3) is 0 Å². The maximum Gasteiger partial charge on any atom is 0.311 e. The number of nitrogens with zero attached hydrogens (tertiary/aromatic N) is 1. The normalized spacial score (nSPS) is 11.4. The van der Waals surface area contributed by atoms with Gasteiger partial charge in [0, 0.05) is 22.9 Å². The van der Waals surface area contributed by atoms with Crippen LogP contribution in [0.2, 0.25) is 0 Å². The Hall–Kier alpha value is -1.17. The highest BCUT2D eigenvalue weighted by atomic mass is 79.9. The molecule has 0 saturated carbocycles. The van der Waals surface area contributed by atoms with Crippen LogP contribution in [0.25, 0.3) is 0 Å². The molecule has 4 nitrogen and oxygen atoms in total. The number of benzene rings is 1. The number of ether oxygens (including phenoxy) is 1. The van der Waals surface area contributed by atoms with E-state index in [0.717, 1.165) is 36.4 Å². The standard InChI is InChI=1S/C13H17BrFNO3/c1-3-13(4-2,8-14)9-19-12-7-10(15)5-6-11(12)16(17)18/h5-7H,3-4,8-9H2,1-2H3. The molecule has 0 aromatic heterocycles. The summed E-state index contributed by atoms with van der Waals surface area (Å²) >= 11 is 3.44. The lowest BCUT2D eigenvalue weighted by Crippen LogP contribution is -2.29. The summed E-state index contributed by atoms with van der Waals surface area (Å²) in [6, 6.07) is 3.24. The Morgan fingerprint density at radius 2 is 2.05 bits per heavy atom. The Balaban J connectivity index is 2.93. The van der Waals surface area contributed by atoms with Crippen molar-refractivity contribution < 1.29 is 14.1 Å².